The minimum absolute atomic E-state index is 0. The van der Waals surface area contributed by atoms with Crippen molar-refractivity contribution < 1.29 is 9.53 Å². The molecule has 2 aromatic carbocycles. The number of carbonyl (C=O) groups is 1. The fourth-order valence-electron chi connectivity index (χ4n) is 2.97. The minimum atomic E-state index is -0.0803. The van der Waals surface area contributed by atoms with E-state index in [9.17, 15) is 4.79 Å². The second kappa shape index (κ2) is 10.1. The Morgan fingerprint density at radius 1 is 1.26 bits per heavy atom. The number of carbonyl (C=O) groups excluding carboxylic acids is 1. The lowest BCUT2D eigenvalue weighted by atomic mass is 10.0. The number of guanidine groups is 1. The zero-order chi connectivity index (χ0) is 18.4. The van der Waals surface area contributed by atoms with Crippen LogP contribution in [0.15, 0.2) is 53.5 Å². The molecule has 1 atom stereocenters. The highest BCUT2D eigenvalue weighted by Crippen LogP contribution is 2.31. The van der Waals surface area contributed by atoms with E-state index in [1.165, 1.54) is 0 Å². The number of rotatable bonds is 5. The largest absolute Gasteiger partial charge is 0.493 e. The predicted molar refractivity (Wildman–Crippen MR) is 118 cm³/mol. The van der Waals surface area contributed by atoms with Crippen LogP contribution in [0, 0.1) is 0 Å². The van der Waals surface area contributed by atoms with Gasteiger partial charge < -0.3 is 21.1 Å². The summed E-state index contributed by atoms with van der Waals surface area (Å²) in [6.45, 7) is 3.56. The van der Waals surface area contributed by atoms with Crippen LogP contribution in [0.5, 0.6) is 5.75 Å². The summed E-state index contributed by atoms with van der Waals surface area (Å²) < 4.78 is 5.66. The maximum Gasteiger partial charge on any atom is 0.251 e. The van der Waals surface area contributed by atoms with E-state index >= 15 is 0 Å². The molecule has 0 aromatic heterocycles. The first-order chi connectivity index (χ1) is 12.7. The first kappa shape index (κ1) is 21.0. The normalized spacial score (nSPS) is 15.7. The van der Waals surface area contributed by atoms with Gasteiger partial charge in [-0.15, -0.1) is 24.0 Å². The number of para-hydroxylation sites is 1. The van der Waals surface area contributed by atoms with Crippen LogP contribution in [0.4, 0.5) is 0 Å². The van der Waals surface area contributed by atoms with E-state index < -0.39 is 0 Å². The van der Waals surface area contributed by atoms with Crippen molar-refractivity contribution in [1.82, 2.24) is 10.6 Å². The zero-order valence-electron chi connectivity index (χ0n) is 15.3. The molecule has 7 heteroatoms. The first-order valence-electron chi connectivity index (χ1n) is 8.82. The van der Waals surface area contributed by atoms with E-state index in [-0.39, 0.29) is 35.9 Å². The second-order valence-corrected chi connectivity index (χ2v) is 6.13. The van der Waals surface area contributed by atoms with Crippen LogP contribution in [0.2, 0.25) is 0 Å². The van der Waals surface area contributed by atoms with Gasteiger partial charge >= 0.3 is 0 Å². The van der Waals surface area contributed by atoms with Gasteiger partial charge in [0.25, 0.3) is 5.91 Å². The molecule has 4 N–H and O–H groups in total. The monoisotopic (exact) mass is 480 g/mol. The lowest BCUT2D eigenvalue weighted by molar-refractivity contribution is 0.0955. The fraction of sp³-hybridized carbons (Fsp3) is 0.300. The summed E-state index contributed by atoms with van der Waals surface area (Å²) >= 11 is 0. The number of aliphatic imine (C=N–C) groups is 1. The number of ether oxygens (including phenoxy) is 1. The van der Waals surface area contributed by atoms with Crippen LogP contribution < -0.4 is 21.1 Å². The van der Waals surface area contributed by atoms with Gasteiger partial charge in [0.05, 0.1) is 19.2 Å². The third-order valence-electron chi connectivity index (χ3n) is 4.24. The smallest absolute Gasteiger partial charge is 0.251 e. The number of halogens is 1. The van der Waals surface area contributed by atoms with Crippen molar-refractivity contribution in [2.75, 3.05) is 13.2 Å². The Kier molecular flexibility index (Phi) is 7.90. The van der Waals surface area contributed by atoms with Gasteiger partial charge in [-0.2, -0.15) is 0 Å². The molecular formula is C20H25IN4O2. The number of nitrogens with one attached hydrogen (secondary N) is 2. The van der Waals surface area contributed by atoms with E-state index in [1.54, 1.807) is 6.07 Å². The topological polar surface area (TPSA) is 88.7 Å². The van der Waals surface area contributed by atoms with Crippen molar-refractivity contribution in [3.05, 3.63) is 65.2 Å². The lowest BCUT2D eigenvalue weighted by Gasteiger charge is -2.26. The fourth-order valence-corrected chi connectivity index (χ4v) is 2.97. The molecule has 1 aliphatic rings. The third kappa shape index (κ3) is 5.59. The van der Waals surface area contributed by atoms with E-state index in [1.807, 2.05) is 49.4 Å². The Balaban J connectivity index is 0.00000261. The third-order valence-corrected chi connectivity index (χ3v) is 4.24. The van der Waals surface area contributed by atoms with Crippen LogP contribution in [-0.4, -0.2) is 25.0 Å². The molecule has 0 bridgehead atoms. The molecule has 144 valence electrons. The number of hydrogen-bond acceptors (Lipinski definition) is 3. The standard InChI is InChI=1S/C20H24N4O2.HI/c1-2-22-19(25)15-7-5-6-14(12-15)13-23-20(21)24-17-10-11-26-18-9-4-3-8-16(17)18;/h3-9,12,17H,2,10-11,13H2,1H3,(H,22,25)(H3,21,23,24);1H. The van der Waals surface area contributed by atoms with E-state index in [0.29, 0.717) is 31.2 Å². The predicted octanol–water partition coefficient (Wildman–Crippen LogP) is 2.98. The molecule has 0 saturated carbocycles. The van der Waals surface area contributed by atoms with E-state index in [0.717, 1.165) is 23.3 Å². The molecule has 3 rings (SSSR count). The van der Waals surface area contributed by atoms with Crippen molar-refractivity contribution in [2.45, 2.75) is 25.9 Å². The summed E-state index contributed by atoms with van der Waals surface area (Å²) in [5.74, 6) is 1.19. The van der Waals surface area contributed by atoms with Crippen LogP contribution in [-0.2, 0) is 6.54 Å². The average molecular weight is 480 g/mol. The van der Waals surface area contributed by atoms with Gasteiger partial charge in [0, 0.05) is 24.1 Å². The molecule has 0 aliphatic carbocycles. The summed E-state index contributed by atoms with van der Waals surface area (Å²) in [4.78, 5) is 16.3. The Morgan fingerprint density at radius 3 is 2.89 bits per heavy atom. The molecule has 0 radical (unpaired) electrons. The Labute approximate surface area is 176 Å². The van der Waals surface area contributed by atoms with Gasteiger partial charge in [-0.25, -0.2) is 4.99 Å². The summed E-state index contributed by atoms with van der Waals surface area (Å²) in [7, 11) is 0. The van der Waals surface area contributed by atoms with Gasteiger partial charge in [0.15, 0.2) is 5.96 Å². The first-order valence-corrected chi connectivity index (χ1v) is 8.82. The van der Waals surface area contributed by atoms with Gasteiger partial charge in [0.2, 0.25) is 0 Å². The molecule has 27 heavy (non-hydrogen) atoms. The highest BCUT2D eigenvalue weighted by atomic mass is 127. The Bertz CT molecular complexity index is 810. The SMILES string of the molecule is CCNC(=O)c1cccc(CN=C(N)NC2CCOc3ccccc32)c1.I. The van der Waals surface area contributed by atoms with Gasteiger partial charge in [0.1, 0.15) is 5.75 Å². The highest BCUT2D eigenvalue weighted by molar-refractivity contribution is 14.0. The van der Waals surface area contributed by atoms with Crippen molar-refractivity contribution >= 4 is 35.8 Å². The molecule has 2 aromatic rings. The summed E-state index contributed by atoms with van der Waals surface area (Å²) in [5.41, 5.74) is 8.73. The Morgan fingerprint density at radius 2 is 2.07 bits per heavy atom. The molecule has 6 nitrogen and oxygen atoms in total. The van der Waals surface area contributed by atoms with Gasteiger partial charge in [-0.05, 0) is 30.7 Å². The van der Waals surface area contributed by atoms with Crippen LogP contribution >= 0.6 is 24.0 Å². The molecule has 1 amide bonds. The lowest BCUT2D eigenvalue weighted by Crippen LogP contribution is -2.37. The van der Waals surface area contributed by atoms with E-state index in [4.69, 9.17) is 10.5 Å². The van der Waals surface area contributed by atoms with Crippen LogP contribution in [0.25, 0.3) is 0 Å². The van der Waals surface area contributed by atoms with Crippen LogP contribution in [0.1, 0.15) is 40.9 Å². The summed E-state index contributed by atoms with van der Waals surface area (Å²) in [5, 5.41) is 6.07. The molecule has 1 unspecified atom stereocenters. The van der Waals surface area contributed by atoms with Crippen molar-refractivity contribution in [1.29, 1.82) is 0 Å². The van der Waals surface area contributed by atoms with Crippen LogP contribution in [0.3, 0.4) is 0 Å². The molecule has 0 spiro atoms. The van der Waals surface area contributed by atoms with Crippen molar-refractivity contribution in [3.63, 3.8) is 0 Å². The van der Waals surface area contributed by atoms with Crippen molar-refractivity contribution in [3.8, 4) is 5.75 Å². The number of benzene rings is 2. The average Bonchev–Trinajstić information content (AvgIpc) is 2.67. The van der Waals surface area contributed by atoms with Crippen molar-refractivity contribution in [2.24, 2.45) is 10.7 Å². The molecule has 1 aliphatic heterocycles. The summed E-state index contributed by atoms with van der Waals surface area (Å²) in [6.07, 6.45) is 0.833. The maximum atomic E-state index is 11.9. The summed E-state index contributed by atoms with van der Waals surface area (Å²) in [6, 6.07) is 15.5. The molecule has 0 fully saturated rings. The number of amides is 1. The Hall–Kier alpha value is -2.29. The molecule has 1 heterocycles. The number of nitrogens with zero attached hydrogens (tertiary/aromatic N) is 1. The van der Waals surface area contributed by atoms with E-state index in [2.05, 4.69) is 15.6 Å². The maximum absolute atomic E-state index is 11.9. The molecule has 0 saturated heterocycles. The zero-order valence-corrected chi connectivity index (χ0v) is 17.6. The van der Waals surface area contributed by atoms with Gasteiger partial charge in [-0.1, -0.05) is 30.3 Å². The minimum Gasteiger partial charge on any atom is -0.493 e. The highest BCUT2D eigenvalue weighted by Gasteiger charge is 2.21. The number of nitrogens with two attached hydrogens (primary N) is 1. The quantitative estimate of drug-likeness (QED) is 0.349. The second-order valence-electron chi connectivity index (χ2n) is 6.13. The number of hydrogen-bond donors (Lipinski definition) is 3. The molecular weight excluding hydrogens is 455 g/mol. The van der Waals surface area contributed by atoms with Gasteiger partial charge in [-0.3, -0.25) is 4.79 Å². The number of fused-ring (bicyclic) bond motifs is 1.